The zero-order chi connectivity index (χ0) is 32.3. The van der Waals surface area contributed by atoms with E-state index in [0.29, 0.717) is 0 Å². The van der Waals surface area contributed by atoms with E-state index >= 15 is 0 Å². The highest BCUT2D eigenvalue weighted by atomic mass is 15.1. The fourth-order valence-electron chi connectivity index (χ4n) is 7.69. The highest BCUT2D eigenvalue weighted by Gasteiger charge is 2.25. The number of hydrogen-bond acceptors (Lipinski definition) is 1. The summed E-state index contributed by atoms with van der Waals surface area (Å²) < 4.78 is 0. The van der Waals surface area contributed by atoms with Crippen LogP contribution in [0.15, 0.2) is 188 Å². The first-order valence-corrected chi connectivity index (χ1v) is 16.9. The summed E-state index contributed by atoms with van der Waals surface area (Å²) >= 11 is 0. The van der Waals surface area contributed by atoms with Gasteiger partial charge >= 0.3 is 0 Å². The third kappa shape index (κ3) is 4.55. The van der Waals surface area contributed by atoms with Crippen LogP contribution in [-0.4, -0.2) is 0 Å². The van der Waals surface area contributed by atoms with Crippen molar-refractivity contribution in [3.63, 3.8) is 0 Å². The average Bonchev–Trinajstić information content (AvgIpc) is 3.17. The van der Waals surface area contributed by atoms with Gasteiger partial charge in [0, 0.05) is 22.3 Å². The van der Waals surface area contributed by atoms with E-state index in [1.54, 1.807) is 0 Å². The minimum absolute atomic E-state index is 1.13. The fourth-order valence-corrected chi connectivity index (χ4v) is 7.69. The number of benzene rings is 9. The van der Waals surface area contributed by atoms with E-state index in [0.717, 1.165) is 11.4 Å². The number of fused-ring (bicyclic) bond motifs is 7. The summed E-state index contributed by atoms with van der Waals surface area (Å²) in [6.45, 7) is 0. The van der Waals surface area contributed by atoms with Gasteiger partial charge in [-0.15, -0.1) is 0 Å². The SMILES string of the molecule is c1ccc(-c2ccc3cc4c(cc3c2)-c2cc3cc(N(c5ccccc5)c5c(-c6ccccc6)ccc6ccccc56)ccc3cc2-4)cc1. The maximum Gasteiger partial charge on any atom is 0.0618 e. The molecule has 0 bridgehead atoms. The molecule has 0 heterocycles. The van der Waals surface area contributed by atoms with Crippen LogP contribution in [0, 0.1) is 0 Å². The molecular formula is C48H31N. The number of rotatable bonds is 5. The molecule has 0 spiro atoms. The number of hydrogen-bond donors (Lipinski definition) is 0. The monoisotopic (exact) mass is 621 g/mol. The predicted octanol–water partition coefficient (Wildman–Crippen LogP) is 13.6. The summed E-state index contributed by atoms with van der Waals surface area (Å²) in [7, 11) is 0. The molecule has 1 heteroatoms. The molecular weight excluding hydrogens is 591 g/mol. The van der Waals surface area contributed by atoms with Crippen molar-refractivity contribution in [2.45, 2.75) is 0 Å². The Labute approximate surface area is 286 Å². The van der Waals surface area contributed by atoms with Crippen LogP contribution in [0.1, 0.15) is 0 Å². The Morgan fingerprint density at radius 1 is 0.265 bits per heavy atom. The van der Waals surface area contributed by atoms with Gasteiger partial charge in [-0.3, -0.25) is 0 Å². The van der Waals surface area contributed by atoms with Crippen molar-refractivity contribution in [1.82, 2.24) is 0 Å². The number of nitrogens with zero attached hydrogens (tertiary/aromatic N) is 1. The quantitative estimate of drug-likeness (QED) is 0.185. The smallest absolute Gasteiger partial charge is 0.0618 e. The van der Waals surface area contributed by atoms with Crippen LogP contribution in [0.2, 0.25) is 0 Å². The molecule has 1 aliphatic rings. The summed E-state index contributed by atoms with van der Waals surface area (Å²) in [5.74, 6) is 0. The maximum absolute atomic E-state index is 2.44. The van der Waals surface area contributed by atoms with Crippen molar-refractivity contribution in [1.29, 1.82) is 0 Å². The van der Waals surface area contributed by atoms with E-state index in [1.165, 1.54) is 82.5 Å². The molecule has 1 aliphatic carbocycles. The Morgan fingerprint density at radius 3 is 1.49 bits per heavy atom. The minimum Gasteiger partial charge on any atom is -0.309 e. The maximum atomic E-state index is 2.44. The molecule has 0 aliphatic heterocycles. The highest BCUT2D eigenvalue weighted by Crippen LogP contribution is 2.51. The van der Waals surface area contributed by atoms with Crippen molar-refractivity contribution >= 4 is 49.4 Å². The topological polar surface area (TPSA) is 3.24 Å². The molecule has 0 atom stereocenters. The van der Waals surface area contributed by atoms with Gasteiger partial charge in [-0.2, -0.15) is 0 Å². The molecule has 0 fully saturated rings. The molecule has 1 nitrogen and oxygen atoms in total. The van der Waals surface area contributed by atoms with E-state index in [9.17, 15) is 0 Å². The molecule has 0 N–H and O–H groups in total. The zero-order valence-corrected chi connectivity index (χ0v) is 26.8. The lowest BCUT2D eigenvalue weighted by Gasteiger charge is -2.30. The summed E-state index contributed by atoms with van der Waals surface area (Å²) in [5, 5.41) is 7.49. The van der Waals surface area contributed by atoms with Crippen LogP contribution < -0.4 is 4.90 Å². The van der Waals surface area contributed by atoms with Crippen molar-refractivity contribution in [3.05, 3.63) is 188 Å². The number of anilines is 3. The van der Waals surface area contributed by atoms with Crippen LogP contribution in [0.4, 0.5) is 17.1 Å². The Balaban J connectivity index is 1.14. The van der Waals surface area contributed by atoms with E-state index in [4.69, 9.17) is 0 Å². The van der Waals surface area contributed by atoms with Crippen molar-refractivity contribution in [2.24, 2.45) is 0 Å². The van der Waals surface area contributed by atoms with E-state index < -0.39 is 0 Å². The van der Waals surface area contributed by atoms with Gasteiger partial charge in [-0.1, -0.05) is 133 Å². The normalized spacial score (nSPS) is 11.7. The predicted molar refractivity (Wildman–Crippen MR) is 209 cm³/mol. The second-order valence-corrected chi connectivity index (χ2v) is 13.0. The third-order valence-corrected chi connectivity index (χ3v) is 10.1. The lowest BCUT2D eigenvalue weighted by atomic mass is 9.77. The molecule has 9 aromatic rings. The molecule has 0 radical (unpaired) electrons. The summed E-state index contributed by atoms with van der Waals surface area (Å²) in [5.41, 5.74) is 13.7. The largest absolute Gasteiger partial charge is 0.309 e. The molecule has 49 heavy (non-hydrogen) atoms. The summed E-state index contributed by atoms with van der Waals surface area (Å²) in [4.78, 5) is 2.44. The molecule has 0 saturated heterocycles. The van der Waals surface area contributed by atoms with Gasteiger partial charge in [0.2, 0.25) is 0 Å². The van der Waals surface area contributed by atoms with Crippen LogP contribution in [-0.2, 0) is 0 Å². The molecule has 0 unspecified atom stereocenters. The van der Waals surface area contributed by atoms with E-state index in [1.807, 2.05) is 0 Å². The second kappa shape index (κ2) is 11.1. The Bertz CT molecular complexity index is 2690. The minimum atomic E-state index is 1.13. The summed E-state index contributed by atoms with van der Waals surface area (Å²) in [6.07, 6.45) is 0. The van der Waals surface area contributed by atoms with Gasteiger partial charge in [0.1, 0.15) is 0 Å². The molecule has 228 valence electrons. The van der Waals surface area contributed by atoms with Gasteiger partial charge in [-0.25, -0.2) is 0 Å². The van der Waals surface area contributed by atoms with Crippen molar-refractivity contribution < 1.29 is 0 Å². The van der Waals surface area contributed by atoms with Crippen LogP contribution in [0.5, 0.6) is 0 Å². The highest BCUT2D eigenvalue weighted by molar-refractivity contribution is 6.13. The summed E-state index contributed by atoms with van der Waals surface area (Å²) in [6, 6.07) is 68.7. The average molecular weight is 622 g/mol. The van der Waals surface area contributed by atoms with Gasteiger partial charge in [0.25, 0.3) is 0 Å². The standard InChI is InChI=1S/C48H31N/c1-4-12-32(13-5-1)35-20-21-36-28-44-45-29-37-22-24-41(27-39(37)31-47(45)46(44)30-38(36)26-35)49(40-17-8-3-9-18-40)48-42-19-11-10-16-34(42)23-25-43(48)33-14-6-2-7-15-33/h1-31H. The lowest BCUT2D eigenvalue weighted by Crippen LogP contribution is -2.12. The van der Waals surface area contributed by atoms with Crippen LogP contribution in [0.3, 0.4) is 0 Å². The van der Waals surface area contributed by atoms with Crippen molar-refractivity contribution in [3.8, 4) is 44.5 Å². The van der Waals surface area contributed by atoms with Gasteiger partial charge in [0.05, 0.1) is 5.69 Å². The Morgan fingerprint density at radius 2 is 0.796 bits per heavy atom. The van der Waals surface area contributed by atoms with Crippen molar-refractivity contribution in [2.75, 3.05) is 4.90 Å². The van der Waals surface area contributed by atoms with E-state index in [2.05, 4.69) is 193 Å². The molecule has 0 saturated carbocycles. The molecule has 0 amide bonds. The van der Waals surface area contributed by atoms with Crippen LogP contribution >= 0.6 is 0 Å². The molecule has 10 rings (SSSR count). The molecule has 9 aromatic carbocycles. The first-order chi connectivity index (χ1) is 24.3. The van der Waals surface area contributed by atoms with Crippen LogP contribution in [0.25, 0.3) is 76.8 Å². The fraction of sp³-hybridized carbons (Fsp3) is 0. The Hall–Kier alpha value is -6.44. The first-order valence-electron chi connectivity index (χ1n) is 16.9. The lowest BCUT2D eigenvalue weighted by molar-refractivity contribution is 1.30. The van der Waals surface area contributed by atoms with Gasteiger partial charge in [0.15, 0.2) is 0 Å². The van der Waals surface area contributed by atoms with Gasteiger partial charge < -0.3 is 4.90 Å². The van der Waals surface area contributed by atoms with E-state index in [-0.39, 0.29) is 0 Å². The molecule has 0 aromatic heterocycles. The second-order valence-electron chi connectivity index (χ2n) is 13.0. The Kier molecular flexibility index (Phi) is 6.25. The zero-order valence-electron chi connectivity index (χ0n) is 26.8. The first kappa shape index (κ1) is 27.7. The number of para-hydroxylation sites is 1. The third-order valence-electron chi connectivity index (χ3n) is 10.1. The van der Waals surface area contributed by atoms with Gasteiger partial charge in [-0.05, 0) is 120 Å².